The highest BCUT2D eigenvalue weighted by atomic mass is 32.1. The predicted octanol–water partition coefficient (Wildman–Crippen LogP) is 17.4. The summed E-state index contributed by atoms with van der Waals surface area (Å²) in [4.78, 5) is 2.42. The van der Waals surface area contributed by atoms with Crippen LogP contribution in [-0.4, -0.2) is 0 Å². The molecule has 0 bridgehead atoms. The van der Waals surface area contributed by atoms with E-state index >= 15 is 0 Å². The van der Waals surface area contributed by atoms with Gasteiger partial charge in [-0.2, -0.15) is 0 Å². The van der Waals surface area contributed by atoms with Gasteiger partial charge < -0.3 is 9.32 Å². The summed E-state index contributed by atoms with van der Waals surface area (Å²) < 4.78 is 9.61. The van der Waals surface area contributed by atoms with E-state index in [1.54, 1.807) is 0 Å². The van der Waals surface area contributed by atoms with E-state index in [4.69, 9.17) is 4.42 Å². The lowest BCUT2D eigenvalue weighted by molar-refractivity contribution is 0.660. The standard InChI is InChI=1S/C59H39NOS/c1-59(2)50-25-12-10-21-43(50)44-31-30-37(34-51(44)59)60(36-16-4-3-5-17-36)52-26-15-27-53-57(52)49-35-48(40-20-8-9-22-46(40)58(49)61-53)42-33-32-41(38-18-6-7-19-39(38)42)45-24-14-29-55-56(45)47-23-11-13-28-54(47)62-55/h3-35H,1-2H3. The fraction of sp³-hybridized carbons (Fsp3) is 0.0508. The van der Waals surface area contributed by atoms with Gasteiger partial charge in [0.1, 0.15) is 11.2 Å². The summed E-state index contributed by atoms with van der Waals surface area (Å²) in [7, 11) is 0. The van der Waals surface area contributed by atoms with Gasteiger partial charge in [0.2, 0.25) is 0 Å². The van der Waals surface area contributed by atoms with Crippen LogP contribution in [-0.2, 0) is 5.41 Å². The van der Waals surface area contributed by atoms with Gasteiger partial charge in [0, 0.05) is 47.7 Å². The van der Waals surface area contributed by atoms with Gasteiger partial charge in [-0.25, -0.2) is 0 Å². The van der Waals surface area contributed by atoms with Gasteiger partial charge in [0.15, 0.2) is 0 Å². The van der Waals surface area contributed by atoms with Gasteiger partial charge >= 0.3 is 0 Å². The molecule has 2 aromatic heterocycles. The Labute approximate surface area is 363 Å². The molecule has 62 heavy (non-hydrogen) atoms. The highest BCUT2D eigenvalue weighted by Crippen LogP contribution is 2.52. The smallest absolute Gasteiger partial charge is 0.143 e. The second kappa shape index (κ2) is 13.3. The van der Waals surface area contributed by atoms with Crippen LogP contribution in [0.2, 0.25) is 0 Å². The van der Waals surface area contributed by atoms with Gasteiger partial charge in [-0.1, -0.05) is 159 Å². The first kappa shape index (κ1) is 35.3. The molecule has 1 aliphatic carbocycles. The van der Waals surface area contributed by atoms with Crippen LogP contribution < -0.4 is 4.90 Å². The summed E-state index contributed by atoms with van der Waals surface area (Å²) in [6.45, 7) is 4.71. The van der Waals surface area contributed by atoms with Crippen LogP contribution in [0.4, 0.5) is 17.1 Å². The van der Waals surface area contributed by atoms with Crippen molar-refractivity contribution in [3.8, 4) is 33.4 Å². The normalized spacial score (nSPS) is 13.1. The lowest BCUT2D eigenvalue weighted by Crippen LogP contribution is -2.16. The monoisotopic (exact) mass is 809 g/mol. The number of rotatable bonds is 5. The van der Waals surface area contributed by atoms with Crippen molar-refractivity contribution in [2.45, 2.75) is 19.3 Å². The second-order valence-corrected chi connectivity index (χ2v) is 18.2. The maximum Gasteiger partial charge on any atom is 0.143 e. The molecule has 0 saturated carbocycles. The third-order valence-corrected chi connectivity index (χ3v) is 14.6. The van der Waals surface area contributed by atoms with Gasteiger partial charge in [-0.05, 0) is 115 Å². The van der Waals surface area contributed by atoms with Crippen molar-refractivity contribution in [3.05, 3.63) is 211 Å². The first-order valence-corrected chi connectivity index (χ1v) is 22.2. The second-order valence-electron chi connectivity index (χ2n) is 17.2. The molecular formula is C59H39NOS. The molecule has 292 valence electrons. The third kappa shape index (κ3) is 5.03. The van der Waals surface area contributed by atoms with Gasteiger partial charge in [-0.15, -0.1) is 11.3 Å². The van der Waals surface area contributed by atoms with Gasteiger partial charge in [0.25, 0.3) is 0 Å². The molecule has 0 aliphatic heterocycles. The van der Waals surface area contributed by atoms with Crippen LogP contribution in [0.1, 0.15) is 25.0 Å². The Balaban J connectivity index is 1.05. The fourth-order valence-electron chi connectivity index (χ4n) is 10.6. The minimum absolute atomic E-state index is 0.130. The van der Waals surface area contributed by atoms with Gasteiger partial charge in [-0.3, -0.25) is 0 Å². The largest absolute Gasteiger partial charge is 0.455 e. The van der Waals surface area contributed by atoms with Crippen molar-refractivity contribution < 1.29 is 4.42 Å². The van der Waals surface area contributed by atoms with E-state index in [-0.39, 0.29) is 5.41 Å². The van der Waals surface area contributed by atoms with Crippen molar-refractivity contribution in [2.75, 3.05) is 4.90 Å². The van der Waals surface area contributed by atoms with Crippen LogP contribution in [0.15, 0.2) is 205 Å². The molecule has 13 rings (SSSR count). The zero-order chi connectivity index (χ0) is 41.1. The molecule has 0 radical (unpaired) electrons. The van der Waals surface area contributed by atoms with E-state index in [0.717, 1.165) is 44.4 Å². The maximum atomic E-state index is 6.98. The van der Waals surface area contributed by atoms with E-state index < -0.39 is 0 Å². The van der Waals surface area contributed by atoms with E-state index in [2.05, 4.69) is 219 Å². The highest BCUT2D eigenvalue weighted by molar-refractivity contribution is 7.25. The lowest BCUT2D eigenvalue weighted by atomic mass is 9.82. The summed E-state index contributed by atoms with van der Waals surface area (Å²) in [6.07, 6.45) is 0. The molecule has 0 saturated heterocycles. The summed E-state index contributed by atoms with van der Waals surface area (Å²) in [6, 6.07) is 73.5. The van der Waals surface area contributed by atoms with Gasteiger partial charge in [0.05, 0.1) is 11.1 Å². The van der Waals surface area contributed by atoms with Crippen molar-refractivity contribution in [3.63, 3.8) is 0 Å². The van der Waals surface area contributed by atoms with Crippen LogP contribution in [0, 0.1) is 0 Å². The number of furan rings is 1. The van der Waals surface area contributed by atoms with Crippen LogP contribution in [0.3, 0.4) is 0 Å². The average Bonchev–Trinajstić information content (AvgIpc) is 3.97. The molecule has 0 unspecified atom stereocenters. The Bertz CT molecular complexity index is 3790. The summed E-state index contributed by atoms with van der Waals surface area (Å²) in [5.74, 6) is 0. The lowest BCUT2D eigenvalue weighted by Gasteiger charge is -2.28. The van der Waals surface area contributed by atoms with E-state index in [0.29, 0.717) is 0 Å². The first-order chi connectivity index (χ1) is 30.5. The Hall–Kier alpha value is -7.46. The average molecular weight is 810 g/mol. The molecule has 0 N–H and O–H groups in total. The minimum atomic E-state index is -0.130. The molecule has 3 heteroatoms. The number of benzene rings is 10. The molecule has 0 amide bonds. The van der Waals surface area contributed by atoms with Crippen molar-refractivity contribution in [1.29, 1.82) is 0 Å². The number of hydrogen-bond acceptors (Lipinski definition) is 3. The first-order valence-electron chi connectivity index (χ1n) is 21.4. The minimum Gasteiger partial charge on any atom is -0.455 e. The Morgan fingerprint density at radius 1 is 0.387 bits per heavy atom. The molecule has 0 fully saturated rings. The molecule has 2 nitrogen and oxygen atoms in total. The van der Waals surface area contributed by atoms with Crippen LogP contribution in [0.25, 0.3) is 97.0 Å². The third-order valence-electron chi connectivity index (χ3n) is 13.5. The van der Waals surface area contributed by atoms with Crippen LogP contribution in [0.5, 0.6) is 0 Å². The Morgan fingerprint density at radius 2 is 0.984 bits per heavy atom. The quantitative estimate of drug-likeness (QED) is 0.172. The molecule has 10 aromatic carbocycles. The fourth-order valence-corrected chi connectivity index (χ4v) is 11.8. The maximum absolute atomic E-state index is 6.98. The van der Waals surface area contributed by atoms with E-state index in [1.807, 2.05) is 11.3 Å². The van der Waals surface area contributed by atoms with E-state index in [1.165, 1.54) is 80.8 Å². The number of thiophene rings is 1. The molecule has 0 spiro atoms. The Morgan fingerprint density at radius 3 is 1.79 bits per heavy atom. The molecule has 1 aliphatic rings. The molecule has 12 aromatic rings. The SMILES string of the molecule is CC1(C)c2ccccc2-c2ccc(N(c3ccccc3)c3cccc4oc5c6ccccc6c(-c6ccc(-c7cccc8sc9ccccc9c78)c7ccccc67)cc5c34)cc21. The number of fused-ring (bicyclic) bond motifs is 12. The number of nitrogens with zero attached hydrogens (tertiary/aromatic N) is 1. The molecule has 0 atom stereocenters. The summed E-state index contributed by atoms with van der Waals surface area (Å²) in [5.41, 5.74) is 15.2. The Kier molecular flexibility index (Phi) is 7.56. The number of hydrogen-bond donors (Lipinski definition) is 0. The summed E-state index contributed by atoms with van der Waals surface area (Å²) >= 11 is 1.87. The number of para-hydroxylation sites is 1. The zero-order valence-electron chi connectivity index (χ0n) is 34.3. The molecule has 2 heterocycles. The van der Waals surface area contributed by atoms with Crippen molar-refractivity contribution in [1.82, 2.24) is 0 Å². The summed E-state index contributed by atoms with van der Waals surface area (Å²) in [5, 5.41) is 9.58. The highest BCUT2D eigenvalue weighted by Gasteiger charge is 2.36. The zero-order valence-corrected chi connectivity index (χ0v) is 35.1. The van der Waals surface area contributed by atoms with Crippen molar-refractivity contribution >= 4 is 92.1 Å². The molecular weight excluding hydrogens is 771 g/mol. The topological polar surface area (TPSA) is 16.4 Å². The predicted molar refractivity (Wildman–Crippen MR) is 265 cm³/mol. The van der Waals surface area contributed by atoms with E-state index in [9.17, 15) is 0 Å². The van der Waals surface area contributed by atoms with Crippen LogP contribution >= 0.6 is 11.3 Å². The number of anilines is 3. The van der Waals surface area contributed by atoms with Crippen molar-refractivity contribution in [2.24, 2.45) is 0 Å².